The summed E-state index contributed by atoms with van der Waals surface area (Å²) in [5.41, 5.74) is -0.985. The van der Waals surface area contributed by atoms with Crippen LogP contribution in [0.25, 0.3) is 0 Å². The molecule has 1 rings (SSSR count). The quantitative estimate of drug-likeness (QED) is 0.179. The van der Waals surface area contributed by atoms with Crippen molar-refractivity contribution in [2.24, 2.45) is 0 Å². The Morgan fingerprint density at radius 1 is 1.16 bits per heavy atom. The van der Waals surface area contributed by atoms with Crippen molar-refractivity contribution in [3.63, 3.8) is 0 Å². The van der Waals surface area contributed by atoms with Crippen LogP contribution in [0.5, 0.6) is 0 Å². The molecule has 0 aliphatic carbocycles. The van der Waals surface area contributed by atoms with E-state index in [9.17, 15) is 27.4 Å². The number of carbonyl (C=O) groups is 3. The van der Waals surface area contributed by atoms with Crippen LogP contribution in [0.2, 0.25) is 0 Å². The molecular weight excluding hydrogens is 367 g/mol. The molecule has 1 N–H and O–H groups in total. The molecule has 25 heavy (non-hydrogen) atoms. The van der Waals surface area contributed by atoms with Crippen molar-refractivity contribution < 1.29 is 71.5 Å². The summed E-state index contributed by atoms with van der Waals surface area (Å²) in [6.07, 6.45) is 0. The molecule has 0 unspecified atom stereocenters. The van der Waals surface area contributed by atoms with E-state index in [1.54, 1.807) is 0 Å². The van der Waals surface area contributed by atoms with Crippen LogP contribution in [0.15, 0.2) is 35.2 Å². The molecule has 0 amide bonds. The molecular formula is C14H13NaO9S. The second-order valence-corrected chi connectivity index (χ2v) is 5.90. The summed E-state index contributed by atoms with van der Waals surface area (Å²) in [5, 5.41) is 9.03. The number of benzene rings is 1. The molecule has 0 fully saturated rings. The third-order valence-corrected chi connectivity index (χ3v) is 3.46. The van der Waals surface area contributed by atoms with E-state index in [1.807, 2.05) is 0 Å². The Morgan fingerprint density at radius 3 is 2.20 bits per heavy atom. The Kier molecular flexibility index (Phi) is 9.02. The molecule has 0 bridgehead atoms. The van der Waals surface area contributed by atoms with E-state index in [0.29, 0.717) is 6.07 Å². The maximum absolute atomic E-state index is 11.8. The maximum Gasteiger partial charge on any atom is 1.00 e. The van der Waals surface area contributed by atoms with Crippen molar-refractivity contribution in [3.05, 3.63) is 41.5 Å². The van der Waals surface area contributed by atoms with Crippen LogP contribution in [-0.2, 0) is 24.4 Å². The van der Waals surface area contributed by atoms with Gasteiger partial charge in [0.1, 0.15) is 23.3 Å². The van der Waals surface area contributed by atoms with Gasteiger partial charge in [0.25, 0.3) is 0 Å². The molecule has 9 nitrogen and oxygen atoms in total. The standard InChI is InChI=1S/C14H14O9S.Na/c1-8(2)13(17)22-5-6-23-14(18)10-4-3-9(24(19,20)21)7-11(10)12(15)16;/h3-4,7H,1,5-6H2,2H3,(H,15,16)(H,19,20,21);/q;+1/p-1. The second-order valence-electron chi connectivity index (χ2n) is 4.52. The fourth-order valence-corrected chi connectivity index (χ4v) is 2.00. The molecule has 0 saturated carbocycles. The molecule has 0 heterocycles. The molecule has 1 aromatic rings. The molecule has 0 radical (unpaired) electrons. The number of aromatic carboxylic acids is 1. The van der Waals surface area contributed by atoms with Crippen LogP contribution in [0.1, 0.15) is 27.6 Å². The fourth-order valence-electron chi connectivity index (χ4n) is 1.50. The number of rotatable bonds is 7. The molecule has 0 aliphatic rings. The zero-order valence-electron chi connectivity index (χ0n) is 13.5. The van der Waals surface area contributed by atoms with Crippen LogP contribution in [0.4, 0.5) is 0 Å². The van der Waals surface area contributed by atoms with Crippen molar-refractivity contribution in [1.82, 2.24) is 0 Å². The summed E-state index contributed by atoms with van der Waals surface area (Å²) in [6.45, 7) is 4.16. The fraction of sp³-hybridized carbons (Fsp3) is 0.214. The molecule has 1 aromatic carbocycles. The first-order valence-electron chi connectivity index (χ1n) is 6.37. The summed E-state index contributed by atoms with van der Waals surface area (Å²) in [7, 11) is -4.87. The average molecular weight is 380 g/mol. The molecule has 0 spiro atoms. The predicted octanol–water partition coefficient (Wildman–Crippen LogP) is -2.43. The zero-order chi connectivity index (χ0) is 18.5. The number of esters is 2. The van der Waals surface area contributed by atoms with Crippen molar-refractivity contribution in [1.29, 1.82) is 0 Å². The minimum Gasteiger partial charge on any atom is -0.744 e. The van der Waals surface area contributed by atoms with E-state index in [-0.39, 0.29) is 48.3 Å². The van der Waals surface area contributed by atoms with Gasteiger partial charge in [-0.3, -0.25) is 0 Å². The van der Waals surface area contributed by atoms with Crippen molar-refractivity contribution in [2.75, 3.05) is 13.2 Å². The summed E-state index contributed by atoms with van der Waals surface area (Å²) in [4.78, 5) is 33.3. The molecule has 11 heteroatoms. The van der Waals surface area contributed by atoms with Gasteiger partial charge in [0.05, 0.1) is 16.0 Å². The van der Waals surface area contributed by atoms with E-state index < -0.39 is 44.0 Å². The molecule has 130 valence electrons. The molecule has 0 aromatic heterocycles. The SMILES string of the molecule is C=C(C)C(=O)OCCOC(=O)c1ccc(S(=O)(=O)[O-])cc1C(=O)O.[Na+]. The number of carboxylic acid groups (broad SMARTS) is 1. The van der Waals surface area contributed by atoms with Gasteiger partial charge < -0.3 is 19.1 Å². The normalized spacial score (nSPS) is 10.3. The van der Waals surface area contributed by atoms with Crippen molar-refractivity contribution in [2.45, 2.75) is 11.8 Å². The number of hydrogen-bond acceptors (Lipinski definition) is 8. The Morgan fingerprint density at radius 2 is 1.72 bits per heavy atom. The van der Waals surface area contributed by atoms with Crippen molar-refractivity contribution >= 4 is 28.0 Å². The minimum absolute atomic E-state index is 0. The minimum atomic E-state index is -4.87. The van der Waals surface area contributed by atoms with E-state index in [4.69, 9.17) is 9.84 Å². The van der Waals surface area contributed by atoms with E-state index in [0.717, 1.165) is 12.1 Å². The number of carboxylic acids is 1. The summed E-state index contributed by atoms with van der Waals surface area (Å²) in [5.74, 6) is -3.36. The van der Waals surface area contributed by atoms with Crippen LogP contribution in [0, 0.1) is 0 Å². The van der Waals surface area contributed by atoms with E-state index in [2.05, 4.69) is 11.3 Å². The first-order valence-corrected chi connectivity index (χ1v) is 7.78. The summed E-state index contributed by atoms with van der Waals surface area (Å²) in [6, 6.07) is 2.23. The van der Waals surface area contributed by atoms with Gasteiger partial charge in [0.2, 0.25) is 0 Å². The van der Waals surface area contributed by atoms with Crippen LogP contribution in [-0.4, -0.2) is 49.2 Å². The van der Waals surface area contributed by atoms with Crippen LogP contribution < -0.4 is 29.6 Å². The maximum atomic E-state index is 11.8. The predicted molar refractivity (Wildman–Crippen MR) is 77.4 cm³/mol. The summed E-state index contributed by atoms with van der Waals surface area (Å²) >= 11 is 0. The summed E-state index contributed by atoms with van der Waals surface area (Å²) < 4.78 is 42.1. The van der Waals surface area contributed by atoms with Gasteiger partial charge in [-0.2, -0.15) is 0 Å². The molecule has 0 atom stereocenters. The van der Waals surface area contributed by atoms with E-state index >= 15 is 0 Å². The van der Waals surface area contributed by atoms with Gasteiger partial charge in [0.15, 0.2) is 0 Å². The van der Waals surface area contributed by atoms with Gasteiger partial charge in [-0.1, -0.05) is 6.58 Å². The van der Waals surface area contributed by atoms with Crippen LogP contribution >= 0.6 is 0 Å². The topological polar surface area (TPSA) is 147 Å². The van der Waals surface area contributed by atoms with Crippen LogP contribution in [0.3, 0.4) is 0 Å². The van der Waals surface area contributed by atoms with Gasteiger partial charge in [0, 0.05) is 5.57 Å². The third kappa shape index (κ3) is 6.96. The average Bonchev–Trinajstić information content (AvgIpc) is 2.49. The molecule has 0 saturated heterocycles. The molecule has 0 aliphatic heterocycles. The number of hydrogen-bond donors (Lipinski definition) is 1. The smallest absolute Gasteiger partial charge is 0.744 e. The Balaban J connectivity index is 0.00000576. The third-order valence-electron chi connectivity index (χ3n) is 2.63. The Hall–Kier alpha value is -1.72. The first kappa shape index (κ1) is 23.3. The number of ether oxygens (including phenoxy) is 2. The second kappa shape index (κ2) is 9.68. The van der Waals surface area contributed by atoms with Gasteiger partial charge >= 0.3 is 47.5 Å². The first-order chi connectivity index (χ1) is 11.0. The van der Waals surface area contributed by atoms with Gasteiger partial charge in [-0.25, -0.2) is 22.8 Å². The van der Waals surface area contributed by atoms with Gasteiger partial charge in [-0.15, -0.1) is 0 Å². The largest absolute Gasteiger partial charge is 1.00 e. The van der Waals surface area contributed by atoms with E-state index in [1.165, 1.54) is 6.92 Å². The van der Waals surface area contributed by atoms with Gasteiger partial charge in [-0.05, 0) is 25.1 Å². The van der Waals surface area contributed by atoms with Crippen molar-refractivity contribution in [3.8, 4) is 0 Å². The Bertz CT molecular complexity index is 799. The Labute approximate surface area is 165 Å². The number of carbonyl (C=O) groups excluding carboxylic acids is 2. The monoisotopic (exact) mass is 380 g/mol. The zero-order valence-corrected chi connectivity index (χ0v) is 16.3.